The maximum absolute atomic E-state index is 6.35. The predicted molar refractivity (Wildman–Crippen MR) is 87.1 cm³/mol. The minimum Gasteiger partial charge on any atom is -0.494 e. The highest BCUT2D eigenvalue weighted by Crippen LogP contribution is 2.31. The largest absolute Gasteiger partial charge is 0.494 e. The molecule has 0 atom stereocenters. The fourth-order valence-corrected chi connectivity index (χ4v) is 2.83. The zero-order valence-corrected chi connectivity index (χ0v) is 13.0. The molecule has 0 fully saturated rings. The molecule has 0 aliphatic heterocycles. The summed E-state index contributed by atoms with van der Waals surface area (Å²) >= 11 is 12.3. The van der Waals surface area contributed by atoms with E-state index in [1.165, 1.54) is 0 Å². The van der Waals surface area contributed by atoms with Gasteiger partial charge in [-0.2, -0.15) is 0 Å². The lowest BCUT2D eigenvalue weighted by molar-refractivity contribution is 0.419. The third-order valence-corrected chi connectivity index (χ3v) is 3.86. The van der Waals surface area contributed by atoms with Crippen LogP contribution < -0.4 is 4.74 Å². The maximum Gasteiger partial charge on any atom is 0.146 e. The molecule has 0 unspecified atom stereocenters. The lowest BCUT2D eigenvalue weighted by atomic mass is 10.2. The number of nitrogens with zero attached hydrogens (tertiary/aromatic N) is 2. The molecule has 108 valence electrons. The van der Waals surface area contributed by atoms with Crippen LogP contribution in [-0.4, -0.2) is 22.5 Å². The second-order valence-corrected chi connectivity index (χ2v) is 5.37. The van der Waals surface area contributed by atoms with Crippen LogP contribution in [0.4, 0.5) is 0 Å². The molecular formula is C16H14Cl2N2O. The van der Waals surface area contributed by atoms with Crippen LogP contribution in [0.1, 0.15) is 5.82 Å². The lowest BCUT2D eigenvalue weighted by Crippen LogP contribution is -2.02. The van der Waals surface area contributed by atoms with Gasteiger partial charge in [-0.3, -0.25) is 4.57 Å². The molecule has 1 aromatic heterocycles. The van der Waals surface area contributed by atoms with Crippen molar-refractivity contribution in [3.05, 3.63) is 53.3 Å². The highest BCUT2D eigenvalue weighted by Gasteiger charge is 2.16. The second kappa shape index (κ2) is 5.96. The average Bonchev–Trinajstić information content (AvgIpc) is 2.86. The first-order valence-electron chi connectivity index (χ1n) is 6.61. The van der Waals surface area contributed by atoms with E-state index < -0.39 is 0 Å². The molecule has 0 saturated carbocycles. The van der Waals surface area contributed by atoms with Crippen molar-refractivity contribution >= 4 is 34.2 Å². The Morgan fingerprint density at radius 1 is 1.14 bits per heavy atom. The smallest absolute Gasteiger partial charge is 0.146 e. The van der Waals surface area contributed by atoms with Crippen LogP contribution in [0.3, 0.4) is 0 Å². The number of imidazole rings is 1. The van der Waals surface area contributed by atoms with Crippen LogP contribution in [-0.2, 0) is 6.42 Å². The summed E-state index contributed by atoms with van der Waals surface area (Å²) < 4.78 is 7.44. The van der Waals surface area contributed by atoms with Crippen molar-refractivity contribution in [1.82, 2.24) is 9.55 Å². The number of fused-ring (bicyclic) bond motifs is 1. The van der Waals surface area contributed by atoms with Gasteiger partial charge in [0, 0.05) is 12.3 Å². The number of benzene rings is 2. The Morgan fingerprint density at radius 2 is 1.95 bits per heavy atom. The molecule has 3 rings (SSSR count). The molecule has 0 aliphatic carbocycles. The molecule has 0 amide bonds. The highest BCUT2D eigenvalue weighted by atomic mass is 35.5. The lowest BCUT2D eigenvalue weighted by Gasteiger charge is -2.10. The Kier molecular flexibility index (Phi) is 4.04. The van der Waals surface area contributed by atoms with Gasteiger partial charge in [0.2, 0.25) is 0 Å². The van der Waals surface area contributed by atoms with Crippen LogP contribution in [0.5, 0.6) is 5.75 Å². The van der Waals surface area contributed by atoms with Gasteiger partial charge in [-0.25, -0.2) is 4.98 Å². The number of methoxy groups -OCH3 is 1. The van der Waals surface area contributed by atoms with Crippen molar-refractivity contribution in [2.24, 2.45) is 0 Å². The number of ether oxygens (including phenoxy) is 1. The number of hydrogen-bond acceptors (Lipinski definition) is 2. The Morgan fingerprint density at radius 3 is 2.67 bits per heavy atom. The van der Waals surface area contributed by atoms with Crippen molar-refractivity contribution in [1.29, 1.82) is 0 Å². The van der Waals surface area contributed by atoms with Crippen molar-refractivity contribution in [3.63, 3.8) is 0 Å². The maximum atomic E-state index is 6.35. The molecule has 1 heterocycles. The summed E-state index contributed by atoms with van der Waals surface area (Å²) in [5.74, 6) is 2.11. The molecule has 0 spiro atoms. The molecule has 0 aliphatic rings. The van der Waals surface area contributed by atoms with Gasteiger partial charge in [-0.15, -0.1) is 11.6 Å². The number of rotatable bonds is 4. The van der Waals surface area contributed by atoms with E-state index in [1.807, 2.05) is 47.0 Å². The van der Waals surface area contributed by atoms with E-state index in [0.717, 1.165) is 28.3 Å². The first kappa shape index (κ1) is 14.2. The molecule has 5 heteroatoms. The summed E-state index contributed by atoms with van der Waals surface area (Å²) in [7, 11) is 1.64. The van der Waals surface area contributed by atoms with Crippen molar-refractivity contribution in [2.75, 3.05) is 13.0 Å². The van der Waals surface area contributed by atoms with Crippen molar-refractivity contribution in [2.45, 2.75) is 6.42 Å². The highest BCUT2D eigenvalue weighted by molar-refractivity contribution is 6.32. The van der Waals surface area contributed by atoms with Gasteiger partial charge in [-0.05, 0) is 24.3 Å². The number of alkyl halides is 1. The molecule has 21 heavy (non-hydrogen) atoms. The summed E-state index contributed by atoms with van der Waals surface area (Å²) in [4.78, 5) is 4.69. The number of aromatic nitrogens is 2. The Labute approximate surface area is 133 Å². The van der Waals surface area contributed by atoms with Gasteiger partial charge in [0.05, 0.1) is 23.3 Å². The van der Waals surface area contributed by atoms with Crippen LogP contribution in [0.15, 0.2) is 42.5 Å². The first-order chi connectivity index (χ1) is 10.3. The van der Waals surface area contributed by atoms with Crippen molar-refractivity contribution in [3.8, 4) is 11.4 Å². The molecule has 0 saturated heterocycles. The van der Waals surface area contributed by atoms with Gasteiger partial charge >= 0.3 is 0 Å². The Hall–Kier alpha value is -1.71. The van der Waals surface area contributed by atoms with Gasteiger partial charge < -0.3 is 4.74 Å². The Bertz CT molecular complexity index is 783. The number of hydrogen-bond donors (Lipinski definition) is 0. The number of aryl methyl sites for hydroxylation is 1. The second-order valence-electron chi connectivity index (χ2n) is 4.58. The van der Waals surface area contributed by atoms with Crippen LogP contribution >= 0.6 is 23.2 Å². The van der Waals surface area contributed by atoms with E-state index in [4.69, 9.17) is 27.9 Å². The Balaban J connectivity index is 2.34. The predicted octanol–water partition coefficient (Wildman–Crippen LogP) is 4.47. The molecule has 2 aromatic carbocycles. The van der Waals surface area contributed by atoms with Crippen LogP contribution in [0.25, 0.3) is 16.7 Å². The zero-order chi connectivity index (χ0) is 14.8. The van der Waals surface area contributed by atoms with Gasteiger partial charge in [0.15, 0.2) is 0 Å². The fraction of sp³-hybridized carbons (Fsp3) is 0.188. The normalized spacial score (nSPS) is 11.0. The quantitative estimate of drug-likeness (QED) is 0.663. The van der Waals surface area contributed by atoms with Gasteiger partial charge in [-0.1, -0.05) is 29.8 Å². The van der Waals surface area contributed by atoms with E-state index in [2.05, 4.69) is 4.98 Å². The minimum absolute atomic E-state index is 0.496. The van der Waals surface area contributed by atoms with E-state index >= 15 is 0 Å². The number of para-hydroxylation sites is 2. The number of halogens is 2. The summed E-state index contributed by atoms with van der Waals surface area (Å²) in [5, 5.41) is 0.676. The summed E-state index contributed by atoms with van der Waals surface area (Å²) in [6.45, 7) is 0. The summed E-state index contributed by atoms with van der Waals surface area (Å²) in [6.07, 6.45) is 0.657. The van der Waals surface area contributed by atoms with Crippen molar-refractivity contribution < 1.29 is 4.74 Å². The first-order valence-corrected chi connectivity index (χ1v) is 7.52. The van der Waals surface area contributed by atoms with E-state index in [1.54, 1.807) is 7.11 Å². The molecular weight excluding hydrogens is 307 g/mol. The van der Waals surface area contributed by atoms with Gasteiger partial charge in [0.1, 0.15) is 17.1 Å². The molecule has 3 aromatic rings. The van der Waals surface area contributed by atoms with Crippen LogP contribution in [0.2, 0.25) is 5.02 Å². The van der Waals surface area contributed by atoms with E-state index in [9.17, 15) is 0 Å². The summed E-state index contributed by atoms with van der Waals surface area (Å²) in [5.41, 5.74) is 2.68. The molecule has 0 radical (unpaired) electrons. The fourth-order valence-electron chi connectivity index (χ4n) is 2.44. The SMILES string of the molecule is COc1cccc2c1nc(CCCl)n2-c1ccccc1Cl. The average molecular weight is 321 g/mol. The molecule has 3 nitrogen and oxygen atoms in total. The van der Waals surface area contributed by atoms with E-state index in [0.29, 0.717) is 17.3 Å². The minimum atomic E-state index is 0.496. The third-order valence-electron chi connectivity index (χ3n) is 3.35. The van der Waals surface area contributed by atoms with E-state index in [-0.39, 0.29) is 0 Å². The molecule has 0 N–H and O–H groups in total. The monoisotopic (exact) mass is 320 g/mol. The third kappa shape index (κ3) is 2.47. The topological polar surface area (TPSA) is 27.1 Å². The van der Waals surface area contributed by atoms with Crippen LogP contribution in [0, 0.1) is 0 Å². The summed E-state index contributed by atoms with van der Waals surface area (Å²) in [6, 6.07) is 13.6. The standard InChI is InChI=1S/C16H14Cl2N2O/c1-21-14-8-4-7-13-16(14)19-15(9-10-17)20(13)12-6-3-2-5-11(12)18/h2-8H,9-10H2,1H3. The van der Waals surface area contributed by atoms with Gasteiger partial charge in [0.25, 0.3) is 0 Å². The zero-order valence-electron chi connectivity index (χ0n) is 11.5. The molecule has 0 bridgehead atoms.